The molecule has 0 aliphatic carbocycles. The summed E-state index contributed by atoms with van der Waals surface area (Å²) < 4.78 is 41.9. The quantitative estimate of drug-likeness (QED) is 0.610. The molecule has 176 valence electrons. The number of nitrogens with one attached hydrogen (secondary N) is 1. The minimum atomic E-state index is -4.48. The van der Waals surface area contributed by atoms with Crippen LogP contribution < -0.4 is 15.8 Å². The topological polar surface area (TPSA) is 128 Å². The first kappa shape index (κ1) is 24.0. The number of pyridine rings is 2. The van der Waals surface area contributed by atoms with Crippen LogP contribution in [0.4, 0.5) is 13.2 Å². The fourth-order valence-electron chi connectivity index (χ4n) is 3.47. The average molecular weight is 465 g/mol. The van der Waals surface area contributed by atoms with Crippen molar-refractivity contribution in [2.75, 3.05) is 13.2 Å². The molecular formula is C21H22F3N5O4. The van der Waals surface area contributed by atoms with Gasteiger partial charge in [-0.2, -0.15) is 13.2 Å². The first-order valence-electron chi connectivity index (χ1n) is 9.95. The van der Waals surface area contributed by atoms with E-state index in [1.165, 1.54) is 12.4 Å². The lowest BCUT2D eigenvalue weighted by Crippen LogP contribution is -2.34. The van der Waals surface area contributed by atoms with Crippen LogP contribution in [0, 0.1) is 6.92 Å². The predicted octanol–water partition coefficient (Wildman–Crippen LogP) is 1.59. The first-order chi connectivity index (χ1) is 15.5. The molecule has 12 heteroatoms. The number of carbonyl (C=O) groups is 3. The highest BCUT2D eigenvalue weighted by atomic mass is 19.4. The highest BCUT2D eigenvalue weighted by molar-refractivity contribution is 5.99. The minimum absolute atomic E-state index is 0.127. The van der Waals surface area contributed by atoms with Crippen LogP contribution >= 0.6 is 0 Å². The summed E-state index contributed by atoms with van der Waals surface area (Å²) >= 11 is 0. The standard InChI is InChI=1S/C21H22F3N5O4/c1-11-5-13(7-28-19(11)33-10-21(22,23)24)12(2)29-9-15-14(20(29)32)3-4-26-16(15)6-18(31)27-8-17(25)30/h3-5,7,12H,6,8-10H2,1-2H3,(H2,25,30)(H,27,31). The second kappa shape index (κ2) is 9.43. The van der Waals surface area contributed by atoms with E-state index in [9.17, 15) is 27.6 Å². The van der Waals surface area contributed by atoms with Gasteiger partial charge in [-0.25, -0.2) is 4.98 Å². The monoisotopic (exact) mass is 465 g/mol. The summed E-state index contributed by atoms with van der Waals surface area (Å²) in [5.74, 6) is -1.53. The number of aromatic nitrogens is 2. The van der Waals surface area contributed by atoms with Gasteiger partial charge in [0, 0.05) is 35.6 Å². The maximum absolute atomic E-state index is 13.0. The predicted molar refractivity (Wildman–Crippen MR) is 109 cm³/mol. The number of alkyl halides is 3. The average Bonchev–Trinajstić information content (AvgIpc) is 3.08. The first-order valence-corrected chi connectivity index (χ1v) is 9.95. The Morgan fingerprint density at radius 1 is 1.33 bits per heavy atom. The molecule has 33 heavy (non-hydrogen) atoms. The van der Waals surface area contributed by atoms with Gasteiger partial charge in [0.1, 0.15) is 0 Å². The largest absolute Gasteiger partial charge is 0.468 e. The number of ether oxygens (including phenoxy) is 1. The van der Waals surface area contributed by atoms with Crippen molar-refractivity contribution in [1.29, 1.82) is 0 Å². The van der Waals surface area contributed by atoms with E-state index in [0.29, 0.717) is 27.9 Å². The summed E-state index contributed by atoms with van der Waals surface area (Å²) in [7, 11) is 0. The lowest BCUT2D eigenvalue weighted by molar-refractivity contribution is -0.154. The van der Waals surface area contributed by atoms with Crippen molar-refractivity contribution in [3.8, 4) is 5.88 Å². The van der Waals surface area contributed by atoms with Gasteiger partial charge in [-0.15, -0.1) is 0 Å². The number of halogens is 3. The van der Waals surface area contributed by atoms with Crippen molar-refractivity contribution < 1.29 is 32.3 Å². The van der Waals surface area contributed by atoms with Gasteiger partial charge in [0.05, 0.1) is 24.7 Å². The molecular weight excluding hydrogens is 443 g/mol. The molecule has 1 aliphatic rings. The summed E-state index contributed by atoms with van der Waals surface area (Å²) in [6, 6.07) is 2.73. The normalized spacial score (nSPS) is 14.1. The van der Waals surface area contributed by atoms with E-state index in [1.807, 2.05) is 0 Å². The molecule has 3 rings (SSSR count). The smallest absolute Gasteiger partial charge is 0.422 e. The van der Waals surface area contributed by atoms with Gasteiger partial charge in [-0.1, -0.05) is 0 Å². The number of fused-ring (bicyclic) bond motifs is 1. The third-order valence-electron chi connectivity index (χ3n) is 5.13. The Labute approximate surface area is 187 Å². The van der Waals surface area contributed by atoms with Gasteiger partial charge in [0.15, 0.2) is 6.61 Å². The fraction of sp³-hybridized carbons (Fsp3) is 0.381. The minimum Gasteiger partial charge on any atom is -0.468 e. The molecule has 0 saturated carbocycles. The lowest BCUT2D eigenvalue weighted by atomic mass is 10.1. The maximum Gasteiger partial charge on any atom is 0.422 e. The summed E-state index contributed by atoms with van der Waals surface area (Å²) in [6.45, 7) is 1.78. The molecule has 1 unspecified atom stereocenters. The van der Waals surface area contributed by atoms with Crippen molar-refractivity contribution >= 4 is 17.7 Å². The number of rotatable bonds is 8. The Hall–Kier alpha value is -3.70. The van der Waals surface area contributed by atoms with Gasteiger partial charge in [-0.3, -0.25) is 19.4 Å². The van der Waals surface area contributed by atoms with Gasteiger partial charge < -0.3 is 20.7 Å². The van der Waals surface area contributed by atoms with Crippen molar-refractivity contribution in [2.24, 2.45) is 5.73 Å². The van der Waals surface area contributed by atoms with Gasteiger partial charge >= 0.3 is 6.18 Å². The third kappa shape index (κ3) is 5.76. The number of primary amides is 1. The van der Waals surface area contributed by atoms with Crippen molar-refractivity contribution in [2.45, 2.75) is 39.0 Å². The van der Waals surface area contributed by atoms with E-state index in [2.05, 4.69) is 15.3 Å². The van der Waals surface area contributed by atoms with Crippen LogP contribution in [0.25, 0.3) is 0 Å². The molecule has 0 aromatic carbocycles. The van der Waals surface area contributed by atoms with E-state index >= 15 is 0 Å². The van der Waals surface area contributed by atoms with Crippen LogP contribution in [-0.4, -0.2) is 51.9 Å². The van der Waals surface area contributed by atoms with Crippen LogP contribution in [-0.2, 0) is 22.6 Å². The van der Waals surface area contributed by atoms with Crippen molar-refractivity contribution in [3.63, 3.8) is 0 Å². The van der Waals surface area contributed by atoms with Gasteiger partial charge in [0.25, 0.3) is 5.91 Å². The van der Waals surface area contributed by atoms with E-state index in [-0.39, 0.29) is 31.3 Å². The molecule has 2 aromatic heterocycles. The zero-order chi connectivity index (χ0) is 24.3. The lowest BCUT2D eigenvalue weighted by Gasteiger charge is -2.25. The maximum atomic E-state index is 13.0. The van der Waals surface area contributed by atoms with E-state index in [4.69, 9.17) is 10.5 Å². The summed E-state index contributed by atoms with van der Waals surface area (Å²) in [5.41, 5.74) is 7.45. The van der Waals surface area contributed by atoms with Crippen LogP contribution in [0.15, 0.2) is 24.5 Å². The number of carbonyl (C=O) groups excluding carboxylic acids is 3. The second-order valence-electron chi connectivity index (χ2n) is 7.61. The van der Waals surface area contributed by atoms with Gasteiger partial charge in [-0.05, 0) is 31.5 Å². The Morgan fingerprint density at radius 2 is 2.06 bits per heavy atom. The Bertz CT molecular complexity index is 1090. The molecule has 9 nitrogen and oxygen atoms in total. The number of aryl methyl sites for hydroxylation is 1. The highest BCUT2D eigenvalue weighted by Crippen LogP contribution is 2.33. The molecule has 3 heterocycles. The third-order valence-corrected chi connectivity index (χ3v) is 5.13. The second-order valence-corrected chi connectivity index (χ2v) is 7.61. The summed E-state index contributed by atoms with van der Waals surface area (Å²) in [5, 5.41) is 2.38. The molecule has 0 fully saturated rings. The number of hydrogen-bond donors (Lipinski definition) is 2. The fourth-order valence-corrected chi connectivity index (χ4v) is 3.47. The number of nitrogens with two attached hydrogens (primary N) is 1. The molecule has 0 bridgehead atoms. The Balaban J connectivity index is 1.75. The van der Waals surface area contributed by atoms with E-state index < -0.39 is 30.6 Å². The van der Waals surface area contributed by atoms with Gasteiger partial charge in [0.2, 0.25) is 17.7 Å². The van der Waals surface area contributed by atoms with E-state index in [1.54, 1.807) is 30.9 Å². The van der Waals surface area contributed by atoms with Crippen LogP contribution in [0.3, 0.4) is 0 Å². The van der Waals surface area contributed by atoms with Crippen molar-refractivity contribution in [1.82, 2.24) is 20.2 Å². The number of nitrogens with zero attached hydrogens (tertiary/aromatic N) is 3. The molecule has 1 aliphatic heterocycles. The van der Waals surface area contributed by atoms with Crippen molar-refractivity contribution in [3.05, 3.63) is 52.5 Å². The number of amides is 3. The highest BCUT2D eigenvalue weighted by Gasteiger charge is 2.34. The molecule has 1 atom stereocenters. The molecule has 0 saturated heterocycles. The SMILES string of the molecule is Cc1cc(C(C)N2Cc3c(ccnc3CC(=O)NCC(N)=O)C2=O)cnc1OCC(F)(F)F. The molecule has 0 spiro atoms. The van der Waals surface area contributed by atoms with E-state index in [0.717, 1.165) is 0 Å². The Kier molecular flexibility index (Phi) is 6.84. The zero-order valence-corrected chi connectivity index (χ0v) is 17.9. The Morgan fingerprint density at radius 3 is 2.70 bits per heavy atom. The molecule has 3 amide bonds. The van der Waals surface area contributed by atoms with Crippen LogP contribution in [0.5, 0.6) is 5.88 Å². The van der Waals surface area contributed by atoms with Crippen LogP contribution in [0.2, 0.25) is 0 Å². The summed E-state index contributed by atoms with van der Waals surface area (Å²) in [4.78, 5) is 45.7. The molecule has 3 N–H and O–H groups in total. The molecule has 2 aromatic rings. The zero-order valence-electron chi connectivity index (χ0n) is 17.9. The summed E-state index contributed by atoms with van der Waals surface area (Å²) in [6.07, 6.45) is -1.80. The molecule has 0 radical (unpaired) electrons. The number of hydrogen-bond acceptors (Lipinski definition) is 6. The van der Waals surface area contributed by atoms with Crippen LogP contribution in [0.1, 0.15) is 45.7 Å².